The topological polar surface area (TPSA) is 128 Å². The van der Waals surface area contributed by atoms with Crippen molar-refractivity contribution < 1.29 is 28.7 Å². The number of nitrogens with one attached hydrogen (secondary N) is 1. The highest BCUT2D eigenvalue weighted by atomic mass is 16.5. The maximum Gasteiger partial charge on any atom is 0.287 e. The summed E-state index contributed by atoms with van der Waals surface area (Å²) in [5, 5.41) is 2.64. The molecule has 0 radical (unpaired) electrons. The number of amides is 3. The van der Waals surface area contributed by atoms with Crippen molar-refractivity contribution in [2.75, 3.05) is 14.2 Å². The first-order valence-electron chi connectivity index (χ1n) is 10.5. The summed E-state index contributed by atoms with van der Waals surface area (Å²) >= 11 is 0. The van der Waals surface area contributed by atoms with E-state index in [0.29, 0.717) is 17.9 Å². The predicted molar refractivity (Wildman–Crippen MR) is 119 cm³/mol. The molecule has 9 heteroatoms. The average molecular weight is 453 g/mol. The van der Waals surface area contributed by atoms with E-state index in [1.807, 2.05) is 6.07 Å². The molecule has 1 aliphatic rings. The number of hydrogen-bond donors (Lipinski definition) is 2. The van der Waals surface area contributed by atoms with Crippen molar-refractivity contribution in [1.82, 2.24) is 10.2 Å². The SMILES string of the molecule is COc1cc(CN2C(=O)CCC2C(=O)NC(Cc2ccccc2)C(=O)C(N)=O)cc(OC)c1. The third-order valence-corrected chi connectivity index (χ3v) is 5.55. The Labute approximate surface area is 191 Å². The van der Waals surface area contributed by atoms with Gasteiger partial charge in [0.25, 0.3) is 5.91 Å². The summed E-state index contributed by atoms with van der Waals surface area (Å²) in [6, 6.07) is 12.3. The number of Topliss-reactive ketones (excluding diaryl/α,β-unsaturated/α-hetero) is 1. The number of nitrogens with two attached hydrogens (primary N) is 1. The fourth-order valence-corrected chi connectivity index (χ4v) is 3.86. The van der Waals surface area contributed by atoms with Gasteiger partial charge in [0.1, 0.15) is 23.6 Å². The highest BCUT2D eigenvalue weighted by molar-refractivity contribution is 6.38. The third-order valence-electron chi connectivity index (χ3n) is 5.55. The van der Waals surface area contributed by atoms with Crippen LogP contribution in [-0.2, 0) is 32.1 Å². The summed E-state index contributed by atoms with van der Waals surface area (Å²) in [7, 11) is 3.05. The Hall–Kier alpha value is -3.88. The van der Waals surface area contributed by atoms with Crippen molar-refractivity contribution in [2.24, 2.45) is 5.73 Å². The lowest BCUT2D eigenvalue weighted by Gasteiger charge is -2.26. The molecule has 33 heavy (non-hydrogen) atoms. The second-order valence-corrected chi connectivity index (χ2v) is 7.78. The summed E-state index contributed by atoms with van der Waals surface area (Å²) in [5.41, 5.74) is 6.69. The van der Waals surface area contributed by atoms with Gasteiger partial charge in [-0.25, -0.2) is 0 Å². The van der Waals surface area contributed by atoms with Crippen LogP contribution in [0.25, 0.3) is 0 Å². The number of likely N-dealkylation sites (tertiary alicyclic amines) is 1. The zero-order valence-electron chi connectivity index (χ0n) is 18.6. The molecular formula is C24H27N3O6. The molecule has 9 nitrogen and oxygen atoms in total. The van der Waals surface area contributed by atoms with E-state index in [9.17, 15) is 19.2 Å². The number of carbonyl (C=O) groups excluding carboxylic acids is 4. The van der Waals surface area contributed by atoms with Crippen molar-refractivity contribution in [3.8, 4) is 11.5 Å². The summed E-state index contributed by atoms with van der Waals surface area (Å²) in [6.45, 7) is 0.164. The van der Waals surface area contributed by atoms with Gasteiger partial charge in [-0.2, -0.15) is 0 Å². The molecule has 1 fully saturated rings. The van der Waals surface area contributed by atoms with Crippen LogP contribution in [0.15, 0.2) is 48.5 Å². The van der Waals surface area contributed by atoms with Crippen LogP contribution in [0, 0.1) is 0 Å². The number of ether oxygens (including phenoxy) is 2. The third kappa shape index (κ3) is 5.88. The first-order valence-corrected chi connectivity index (χ1v) is 10.5. The number of nitrogens with zero attached hydrogens (tertiary/aromatic N) is 1. The molecule has 0 aliphatic carbocycles. The Morgan fingerprint density at radius 1 is 1.06 bits per heavy atom. The Morgan fingerprint density at radius 2 is 1.70 bits per heavy atom. The lowest BCUT2D eigenvalue weighted by molar-refractivity contribution is -0.140. The van der Waals surface area contributed by atoms with E-state index in [-0.39, 0.29) is 25.3 Å². The van der Waals surface area contributed by atoms with Crippen LogP contribution in [0.2, 0.25) is 0 Å². The summed E-state index contributed by atoms with van der Waals surface area (Å²) in [4.78, 5) is 51.0. The number of hydrogen-bond acceptors (Lipinski definition) is 6. The van der Waals surface area contributed by atoms with Gasteiger partial charge in [-0.05, 0) is 29.7 Å². The van der Waals surface area contributed by atoms with Gasteiger partial charge in [0.05, 0.1) is 14.2 Å². The largest absolute Gasteiger partial charge is 0.497 e. The summed E-state index contributed by atoms with van der Waals surface area (Å²) in [5.74, 6) is -1.58. The minimum atomic E-state index is -1.13. The number of methoxy groups -OCH3 is 2. The molecule has 2 aromatic carbocycles. The Kier molecular flexibility index (Phi) is 7.66. The highest BCUT2D eigenvalue weighted by Gasteiger charge is 2.38. The number of primary amides is 1. The second-order valence-electron chi connectivity index (χ2n) is 7.78. The van der Waals surface area contributed by atoms with E-state index in [1.54, 1.807) is 42.5 Å². The fourth-order valence-electron chi connectivity index (χ4n) is 3.86. The van der Waals surface area contributed by atoms with Crippen LogP contribution in [-0.4, -0.2) is 54.7 Å². The molecule has 3 amide bonds. The molecule has 1 heterocycles. The molecule has 1 saturated heterocycles. The standard InChI is InChI=1S/C24H27N3O6/c1-32-17-10-16(11-18(13-17)33-2)14-27-20(8-9-21(27)28)24(31)26-19(22(29)23(25)30)12-15-6-4-3-5-7-15/h3-7,10-11,13,19-20H,8-9,12,14H2,1-2H3,(H2,25,30)(H,26,31). The molecule has 3 rings (SSSR count). The van der Waals surface area contributed by atoms with Gasteiger partial charge in [0.2, 0.25) is 17.6 Å². The molecular weight excluding hydrogens is 426 g/mol. The zero-order chi connectivity index (χ0) is 24.0. The van der Waals surface area contributed by atoms with E-state index in [0.717, 1.165) is 11.1 Å². The van der Waals surface area contributed by atoms with E-state index in [1.165, 1.54) is 19.1 Å². The first kappa shape index (κ1) is 23.8. The average Bonchev–Trinajstić information content (AvgIpc) is 3.18. The summed E-state index contributed by atoms with van der Waals surface area (Å²) < 4.78 is 10.6. The molecule has 3 N–H and O–H groups in total. The number of rotatable bonds is 10. The monoisotopic (exact) mass is 453 g/mol. The number of benzene rings is 2. The maximum atomic E-state index is 13.1. The van der Waals surface area contributed by atoms with Crippen molar-refractivity contribution in [1.29, 1.82) is 0 Å². The van der Waals surface area contributed by atoms with Crippen molar-refractivity contribution in [2.45, 2.75) is 37.9 Å². The highest BCUT2D eigenvalue weighted by Crippen LogP contribution is 2.27. The van der Waals surface area contributed by atoms with Gasteiger partial charge in [-0.15, -0.1) is 0 Å². The van der Waals surface area contributed by atoms with Gasteiger partial charge in [-0.3, -0.25) is 19.2 Å². The van der Waals surface area contributed by atoms with Crippen LogP contribution in [0.4, 0.5) is 0 Å². The van der Waals surface area contributed by atoms with Gasteiger partial charge >= 0.3 is 0 Å². The fraction of sp³-hybridized carbons (Fsp3) is 0.333. The predicted octanol–water partition coefficient (Wildman–Crippen LogP) is 0.977. The second kappa shape index (κ2) is 10.6. The van der Waals surface area contributed by atoms with Crippen LogP contribution >= 0.6 is 0 Å². The normalized spacial score (nSPS) is 16.2. The molecule has 2 aromatic rings. The Morgan fingerprint density at radius 3 is 2.27 bits per heavy atom. The lowest BCUT2D eigenvalue weighted by Crippen LogP contribution is -2.53. The minimum Gasteiger partial charge on any atom is -0.497 e. The molecule has 2 atom stereocenters. The lowest BCUT2D eigenvalue weighted by atomic mass is 10.0. The van der Waals surface area contributed by atoms with Gasteiger partial charge in [0.15, 0.2) is 0 Å². The van der Waals surface area contributed by atoms with Gasteiger partial charge in [0, 0.05) is 25.5 Å². The molecule has 2 unspecified atom stereocenters. The molecule has 1 aliphatic heterocycles. The van der Waals surface area contributed by atoms with Crippen LogP contribution in [0.5, 0.6) is 11.5 Å². The molecule has 0 bridgehead atoms. The Balaban J connectivity index is 1.78. The van der Waals surface area contributed by atoms with E-state index in [4.69, 9.17) is 15.2 Å². The molecule has 174 valence electrons. The van der Waals surface area contributed by atoms with Crippen LogP contribution < -0.4 is 20.5 Å². The molecule has 0 aromatic heterocycles. The van der Waals surface area contributed by atoms with E-state index < -0.39 is 29.7 Å². The molecule has 0 spiro atoms. The summed E-state index contributed by atoms with van der Waals surface area (Å²) in [6.07, 6.45) is 0.614. The van der Waals surface area contributed by atoms with E-state index >= 15 is 0 Å². The van der Waals surface area contributed by atoms with Crippen molar-refractivity contribution in [3.05, 3.63) is 59.7 Å². The van der Waals surface area contributed by atoms with Crippen LogP contribution in [0.1, 0.15) is 24.0 Å². The van der Waals surface area contributed by atoms with Crippen LogP contribution in [0.3, 0.4) is 0 Å². The first-order chi connectivity index (χ1) is 15.8. The quantitative estimate of drug-likeness (QED) is 0.516. The van der Waals surface area contributed by atoms with Gasteiger partial charge < -0.3 is 25.4 Å². The zero-order valence-corrected chi connectivity index (χ0v) is 18.6. The smallest absolute Gasteiger partial charge is 0.287 e. The Bertz CT molecular complexity index is 1020. The van der Waals surface area contributed by atoms with Crippen molar-refractivity contribution >= 4 is 23.5 Å². The minimum absolute atomic E-state index is 0.113. The number of ketones is 1. The van der Waals surface area contributed by atoms with Crippen molar-refractivity contribution in [3.63, 3.8) is 0 Å². The number of carbonyl (C=O) groups is 4. The molecule has 0 saturated carbocycles. The van der Waals surface area contributed by atoms with Gasteiger partial charge in [-0.1, -0.05) is 30.3 Å². The maximum absolute atomic E-state index is 13.1. The van der Waals surface area contributed by atoms with E-state index in [2.05, 4.69) is 5.32 Å².